The van der Waals surface area contributed by atoms with E-state index in [1.165, 1.54) is 12.3 Å². The highest BCUT2D eigenvalue weighted by Gasteiger charge is 2.34. The van der Waals surface area contributed by atoms with E-state index in [1.54, 1.807) is 6.92 Å². The molecule has 0 aliphatic heterocycles. The van der Waals surface area contributed by atoms with Crippen LogP contribution in [0.25, 0.3) is 0 Å². The normalized spacial score (nSPS) is 11.3. The molecule has 0 atom stereocenters. The number of carbonyl (C=O) groups excluding carboxylic acids is 1. The Morgan fingerprint density at radius 2 is 2.04 bits per heavy atom. The molecular weight excluding hydrogens is 410 g/mol. The Morgan fingerprint density at radius 1 is 1.26 bits per heavy atom. The van der Waals surface area contributed by atoms with E-state index in [0.29, 0.717) is 27.0 Å². The van der Waals surface area contributed by atoms with Crippen molar-refractivity contribution in [2.45, 2.75) is 13.1 Å². The summed E-state index contributed by atoms with van der Waals surface area (Å²) < 4.78 is 55.8. The lowest BCUT2D eigenvalue weighted by atomic mass is 10.4. The second-order valence-electron chi connectivity index (χ2n) is 4.93. The number of nitrogens with one attached hydrogen (secondary N) is 2. The minimum absolute atomic E-state index is 0.119. The van der Waals surface area contributed by atoms with Gasteiger partial charge in [-0.1, -0.05) is 11.3 Å². The van der Waals surface area contributed by atoms with E-state index < -0.39 is 23.8 Å². The predicted molar refractivity (Wildman–Crippen MR) is 91.1 cm³/mol. The molecule has 0 saturated heterocycles. The molecule has 13 heteroatoms. The van der Waals surface area contributed by atoms with Crippen molar-refractivity contribution in [1.82, 2.24) is 15.0 Å². The lowest BCUT2D eigenvalue weighted by Crippen LogP contribution is -2.17. The fourth-order valence-electron chi connectivity index (χ4n) is 1.83. The van der Waals surface area contributed by atoms with Gasteiger partial charge in [-0.05, 0) is 6.92 Å². The molecule has 3 aromatic rings. The van der Waals surface area contributed by atoms with Crippen molar-refractivity contribution in [2.24, 2.45) is 0 Å². The van der Waals surface area contributed by atoms with E-state index in [2.05, 4.69) is 25.6 Å². The molecule has 3 aromatic heterocycles. The third-order valence-corrected chi connectivity index (χ3v) is 4.48. The number of aryl methyl sites for hydroxylation is 1. The molecule has 0 spiro atoms. The van der Waals surface area contributed by atoms with Crippen LogP contribution in [0.5, 0.6) is 5.88 Å². The number of pyridine rings is 1. The zero-order chi connectivity index (χ0) is 19.6. The number of hydrogen-bond donors (Lipinski definition) is 2. The molecule has 0 aromatic carbocycles. The van der Waals surface area contributed by atoms with Gasteiger partial charge in [-0.2, -0.15) is 13.2 Å². The maximum atomic E-state index is 13.2. The highest BCUT2D eigenvalue weighted by atomic mass is 32.1. The topological polar surface area (TPSA) is 89.0 Å². The van der Waals surface area contributed by atoms with Crippen LogP contribution in [0.3, 0.4) is 0 Å². The predicted octanol–water partition coefficient (Wildman–Crippen LogP) is 4.82. The first-order valence-corrected chi connectivity index (χ1v) is 8.77. The molecule has 0 unspecified atom stereocenters. The Kier molecular flexibility index (Phi) is 5.23. The summed E-state index contributed by atoms with van der Waals surface area (Å²) >= 11 is 1.73. The molecule has 0 aliphatic rings. The number of hydrogen-bond acceptors (Lipinski definition) is 8. The van der Waals surface area contributed by atoms with E-state index >= 15 is 0 Å². The van der Waals surface area contributed by atoms with E-state index in [9.17, 15) is 22.4 Å². The first kappa shape index (κ1) is 19.0. The van der Waals surface area contributed by atoms with Gasteiger partial charge in [0.25, 0.3) is 5.88 Å². The Hall–Kier alpha value is -2.80. The molecule has 1 amide bonds. The van der Waals surface area contributed by atoms with Crippen LogP contribution in [0.1, 0.15) is 10.7 Å². The van der Waals surface area contributed by atoms with Crippen LogP contribution < -0.4 is 15.4 Å². The third kappa shape index (κ3) is 4.89. The zero-order valence-electron chi connectivity index (χ0n) is 13.3. The monoisotopic (exact) mass is 419 g/mol. The molecular formula is C14H9F4N5O2S2. The number of anilines is 3. The summed E-state index contributed by atoms with van der Waals surface area (Å²) in [7, 11) is 0. The maximum Gasteiger partial charge on any atom is 0.434 e. The van der Waals surface area contributed by atoms with E-state index in [1.807, 2.05) is 0 Å². The van der Waals surface area contributed by atoms with E-state index in [0.717, 1.165) is 22.9 Å². The van der Waals surface area contributed by atoms with Crippen molar-refractivity contribution in [3.05, 3.63) is 40.4 Å². The SMILES string of the molecule is Cc1nc(OC(=O)Nc2nc(C(F)(F)F)cs2)c(Nc2cncc(F)c2)s1. The van der Waals surface area contributed by atoms with Gasteiger partial charge in [-0.25, -0.2) is 19.2 Å². The lowest BCUT2D eigenvalue weighted by molar-refractivity contribution is -0.140. The fraction of sp³-hybridized carbons (Fsp3) is 0.143. The number of ether oxygens (including phenoxy) is 1. The second-order valence-corrected chi connectivity index (χ2v) is 7.00. The van der Waals surface area contributed by atoms with Gasteiger partial charge in [-0.3, -0.25) is 10.3 Å². The number of nitrogens with zero attached hydrogens (tertiary/aromatic N) is 3. The summed E-state index contributed by atoms with van der Waals surface area (Å²) in [4.78, 5) is 22.9. The molecule has 0 bridgehead atoms. The Labute approximate surface area is 157 Å². The zero-order valence-corrected chi connectivity index (χ0v) is 14.9. The van der Waals surface area contributed by atoms with Gasteiger partial charge in [0.2, 0.25) is 0 Å². The van der Waals surface area contributed by atoms with Gasteiger partial charge in [0.05, 0.1) is 23.1 Å². The summed E-state index contributed by atoms with van der Waals surface area (Å²) in [5, 5.41) is 6.25. The Bertz CT molecular complexity index is 973. The molecule has 0 aliphatic carbocycles. The van der Waals surface area contributed by atoms with Crippen LogP contribution in [-0.2, 0) is 6.18 Å². The minimum Gasteiger partial charge on any atom is -0.388 e. The maximum absolute atomic E-state index is 13.2. The number of carbonyl (C=O) groups is 1. The number of amides is 1. The summed E-state index contributed by atoms with van der Waals surface area (Å²) in [6, 6.07) is 1.18. The van der Waals surface area contributed by atoms with Gasteiger partial charge in [-0.15, -0.1) is 11.3 Å². The smallest absolute Gasteiger partial charge is 0.388 e. The summed E-state index contributed by atoms with van der Waals surface area (Å²) in [5.41, 5.74) is -0.813. The molecule has 0 saturated carbocycles. The molecule has 2 N–H and O–H groups in total. The molecule has 7 nitrogen and oxygen atoms in total. The van der Waals surface area contributed by atoms with Crippen molar-refractivity contribution >= 4 is 44.6 Å². The quantitative estimate of drug-likeness (QED) is 0.590. The first-order chi connectivity index (χ1) is 12.7. The first-order valence-electron chi connectivity index (χ1n) is 7.07. The molecule has 0 radical (unpaired) electrons. The standard InChI is InChI=1S/C14H9F4N5O2S2/c1-6-20-10(11(27-6)21-8-2-7(15)3-19-4-8)25-13(24)23-12-22-9(5-26-12)14(16,17)18/h2-5,21H,1H3,(H,22,23,24). The van der Waals surface area contributed by atoms with Gasteiger partial charge in [0.15, 0.2) is 15.8 Å². The van der Waals surface area contributed by atoms with Crippen molar-refractivity contribution < 1.29 is 27.1 Å². The van der Waals surface area contributed by atoms with Crippen LogP contribution in [0.15, 0.2) is 23.8 Å². The number of alkyl halides is 3. The van der Waals surface area contributed by atoms with Gasteiger partial charge in [0.1, 0.15) is 5.82 Å². The summed E-state index contributed by atoms with van der Waals surface area (Å²) in [6.45, 7) is 1.65. The van der Waals surface area contributed by atoms with Crippen molar-refractivity contribution in [1.29, 1.82) is 0 Å². The van der Waals surface area contributed by atoms with Gasteiger partial charge in [0, 0.05) is 11.4 Å². The molecule has 3 heterocycles. The van der Waals surface area contributed by atoms with Crippen LogP contribution in [0.4, 0.5) is 38.2 Å². The van der Waals surface area contributed by atoms with Crippen LogP contribution >= 0.6 is 22.7 Å². The van der Waals surface area contributed by atoms with Crippen molar-refractivity contribution in [3.63, 3.8) is 0 Å². The number of rotatable bonds is 4. The average Bonchev–Trinajstić information content (AvgIpc) is 3.14. The number of thiazole rings is 2. The highest BCUT2D eigenvalue weighted by molar-refractivity contribution is 7.16. The van der Waals surface area contributed by atoms with Crippen LogP contribution in [-0.4, -0.2) is 21.0 Å². The van der Waals surface area contributed by atoms with Crippen LogP contribution in [0, 0.1) is 12.7 Å². The lowest BCUT2D eigenvalue weighted by Gasteiger charge is -2.06. The van der Waals surface area contributed by atoms with E-state index in [4.69, 9.17) is 4.74 Å². The second kappa shape index (κ2) is 7.44. The molecule has 142 valence electrons. The highest BCUT2D eigenvalue weighted by Crippen LogP contribution is 2.34. The van der Waals surface area contributed by atoms with E-state index in [-0.39, 0.29) is 11.0 Å². The summed E-state index contributed by atoms with van der Waals surface area (Å²) in [6.07, 6.45) is -3.29. The van der Waals surface area contributed by atoms with Gasteiger partial charge >= 0.3 is 12.3 Å². The average molecular weight is 419 g/mol. The summed E-state index contributed by atoms with van der Waals surface area (Å²) in [5.74, 6) is -0.683. The van der Waals surface area contributed by atoms with Crippen LogP contribution in [0.2, 0.25) is 0 Å². The number of aromatic nitrogens is 3. The van der Waals surface area contributed by atoms with Crippen molar-refractivity contribution in [3.8, 4) is 5.88 Å². The molecule has 3 rings (SSSR count). The van der Waals surface area contributed by atoms with Gasteiger partial charge < -0.3 is 10.1 Å². The fourth-order valence-corrected chi connectivity index (χ4v) is 3.30. The van der Waals surface area contributed by atoms with Crippen molar-refractivity contribution in [2.75, 3.05) is 10.6 Å². The number of halogens is 4. The third-order valence-electron chi connectivity index (χ3n) is 2.86. The largest absolute Gasteiger partial charge is 0.434 e. The molecule has 0 fully saturated rings. The Balaban J connectivity index is 1.70. The molecule has 27 heavy (non-hydrogen) atoms. The Morgan fingerprint density at radius 3 is 2.70 bits per heavy atom. The minimum atomic E-state index is -4.61.